The molecule has 1 N–H and O–H groups in total. The van der Waals surface area contributed by atoms with Crippen molar-refractivity contribution >= 4 is 5.97 Å². The number of carboxylic acid groups (broad SMARTS) is 1. The Morgan fingerprint density at radius 1 is 1.33 bits per heavy atom. The maximum atomic E-state index is 11.2. The number of benzene rings is 1. The first kappa shape index (κ1) is 14.8. The zero-order valence-corrected chi connectivity index (χ0v) is 11.9. The molecule has 21 heavy (non-hydrogen) atoms. The first-order valence-corrected chi connectivity index (χ1v) is 6.58. The summed E-state index contributed by atoms with van der Waals surface area (Å²) in [5.41, 5.74) is 0.355. The van der Waals surface area contributed by atoms with Gasteiger partial charge in [0.15, 0.2) is 17.2 Å². The third-order valence-corrected chi connectivity index (χ3v) is 2.91. The lowest BCUT2D eigenvalue weighted by Gasteiger charge is -2.11. The SMILES string of the molecule is CCCn1nnc(C(=O)O)c1COc1ccccc1OC. The molecule has 2 aromatic rings. The first-order valence-electron chi connectivity index (χ1n) is 6.58. The summed E-state index contributed by atoms with van der Waals surface area (Å²) in [5.74, 6) is 0.0143. The Morgan fingerprint density at radius 3 is 2.67 bits per heavy atom. The summed E-state index contributed by atoms with van der Waals surface area (Å²) in [6, 6.07) is 7.18. The minimum atomic E-state index is -1.11. The van der Waals surface area contributed by atoms with E-state index in [9.17, 15) is 4.79 Å². The quantitative estimate of drug-likeness (QED) is 0.839. The second-order valence-electron chi connectivity index (χ2n) is 4.35. The minimum Gasteiger partial charge on any atom is -0.493 e. The maximum Gasteiger partial charge on any atom is 0.358 e. The Balaban J connectivity index is 2.22. The molecular weight excluding hydrogens is 274 g/mol. The van der Waals surface area contributed by atoms with Crippen LogP contribution in [0.3, 0.4) is 0 Å². The molecule has 0 atom stereocenters. The second kappa shape index (κ2) is 6.74. The lowest BCUT2D eigenvalue weighted by atomic mass is 10.3. The number of aromatic nitrogens is 3. The van der Waals surface area contributed by atoms with Crippen LogP contribution in [0.1, 0.15) is 29.5 Å². The van der Waals surface area contributed by atoms with E-state index in [0.717, 1.165) is 6.42 Å². The monoisotopic (exact) mass is 291 g/mol. The fourth-order valence-corrected chi connectivity index (χ4v) is 1.92. The lowest BCUT2D eigenvalue weighted by Crippen LogP contribution is -2.11. The van der Waals surface area contributed by atoms with Crippen molar-refractivity contribution in [1.29, 1.82) is 0 Å². The molecule has 0 aliphatic rings. The molecule has 0 amide bonds. The average molecular weight is 291 g/mol. The Bertz CT molecular complexity index is 624. The molecule has 7 nitrogen and oxygen atoms in total. The molecule has 0 saturated heterocycles. The number of methoxy groups -OCH3 is 1. The van der Waals surface area contributed by atoms with Crippen LogP contribution in [0, 0.1) is 0 Å². The van der Waals surface area contributed by atoms with Gasteiger partial charge in [-0.1, -0.05) is 24.3 Å². The highest BCUT2D eigenvalue weighted by atomic mass is 16.5. The maximum absolute atomic E-state index is 11.2. The van der Waals surface area contributed by atoms with E-state index in [4.69, 9.17) is 14.6 Å². The van der Waals surface area contributed by atoms with Gasteiger partial charge in [-0.2, -0.15) is 0 Å². The Morgan fingerprint density at radius 2 is 2.05 bits per heavy atom. The van der Waals surface area contributed by atoms with Gasteiger partial charge >= 0.3 is 5.97 Å². The molecule has 1 aromatic heterocycles. The number of para-hydroxylation sites is 2. The third kappa shape index (κ3) is 3.31. The van der Waals surface area contributed by atoms with Crippen LogP contribution < -0.4 is 9.47 Å². The van der Waals surface area contributed by atoms with Gasteiger partial charge < -0.3 is 14.6 Å². The van der Waals surface area contributed by atoms with Crippen molar-refractivity contribution in [2.24, 2.45) is 0 Å². The molecule has 1 heterocycles. The van der Waals surface area contributed by atoms with Crippen LogP contribution in [-0.4, -0.2) is 33.2 Å². The molecule has 0 unspecified atom stereocenters. The predicted molar refractivity (Wildman–Crippen MR) is 74.6 cm³/mol. The van der Waals surface area contributed by atoms with Crippen LogP contribution in [0.25, 0.3) is 0 Å². The Kier molecular flexibility index (Phi) is 4.76. The van der Waals surface area contributed by atoms with Crippen LogP contribution in [-0.2, 0) is 13.2 Å². The normalized spacial score (nSPS) is 10.4. The largest absolute Gasteiger partial charge is 0.493 e. The summed E-state index contributed by atoms with van der Waals surface area (Å²) < 4.78 is 12.4. The molecule has 7 heteroatoms. The van der Waals surface area contributed by atoms with Gasteiger partial charge in [-0.3, -0.25) is 0 Å². The molecule has 2 rings (SSSR count). The predicted octanol–water partition coefficient (Wildman–Crippen LogP) is 1.97. The van der Waals surface area contributed by atoms with E-state index in [1.54, 1.807) is 23.9 Å². The highest BCUT2D eigenvalue weighted by molar-refractivity contribution is 5.86. The molecule has 112 valence electrons. The summed E-state index contributed by atoms with van der Waals surface area (Å²) in [5, 5.41) is 16.7. The number of carbonyl (C=O) groups is 1. The number of ether oxygens (including phenoxy) is 2. The highest BCUT2D eigenvalue weighted by Gasteiger charge is 2.19. The van der Waals surface area contributed by atoms with Gasteiger partial charge in [0.25, 0.3) is 0 Å². The minimum absolute atomic E-state index is 0.0645. The fourth-order valence-electron chi connectivity index (χ4n) is 1.92. The molecule has 1 aromatic carbocycles. The van der Waals surface area contributed by atoms with Gasteiger partial charge in [-0.05, 0) is 18.6 Å². The molecule has 0 radical (unpaired) electrons. The van der Waals surface area contributed by atoms with E-state index in [1.165, 1.54) is 0 Å². The summed E-state index contributed by atoms with van der Waals surface area (Å²) in [4.78, 5) is 11.2. The van der Waals surface area contributed by atoms with Gasteiger partial charge in [0, 0.05) is 6.54 Å². The zero-order chi connectivity index (χ0) is 15.2. The van der Waals surface area contributed by atoms with Gasteiger partial charge in [0.2, 0.25) is 0 Å². The van der Waals surface area contributed by atoms with Crippen molar-refractivity contribution in [3.05, 3.63) is 35.7 Å². The number of rotatable bonds is 7. The van der Waals surface area contributed by atoms with E-state index < -0.39 is 5.97 Å². The van der Waals surface area contributed by atoms with Crippen molar-refractivity contribution in [3.8, 4) is 11.5 Å². The zero-order valence-electron chi connectivity index (χ0n) is 11.9. The van der Waals surface area contributed by atoms with Gasteiger partial charge in [0.1, 0.15) is 12.3 Å². The van der Waals surface area contributed by atoms with Crippen LogP contribution in [0.4, 0.5) is 0 Å². The lowest BCUT2D eigenvalue weighted by molar-refractivity contribution is 0.0687. The number of hydrogen-bond acceptors (Lipinski definition) is 5. The molecule has 0 spiro atoms. The number of aryl methyl sites for hydroxylation is 1. The van der Waals surface area contributed by atoms with Crippen LogP contribution in [0.5, 0.6) is 11.5 Å². The second-order valence-corrected chi connectivity index (χ2v) is 4.35. The van der Waals surface area contributed by atoms with Crippen LogP contribution >= 0.6 is 0 Å². The van der Waals surface area contributed by atoms with E-state index >= 15 is 0 Å². The number of nitrogens with zero attached hydrogens (tertiary/aromatic N) is 3. The smallest absolute Gasteiger partial charge is 0.358 e. The summed E-state index contributed by atoms with van der Waals surface area (Å²) in [6.45, 7) is 2.63. The summed E-state index contributed by atoms with van der Waals surface area (Å²) in [7, 11) is 1.55. The first-order chi connectivity index (χ1) is 10.2. The van der Waals surface area contributed by atoms with E-state index in [0.29, 0.717) is 23.7 Å². The number of carboxylic acids is 1. The van der Waals surface area contributed by atoms with Crippen molar-refractivity contribution in [2.45, 2.75) is 26.5 Å². The van der Waals surface area contributed by atoms with Gasteiger partial charge in [0.05, 0.1) is 7.11 Å². The van der Waals surface area contributed by atoms with Crippen molar-refractivity contribution in [1.82, 2.24) is 15.0 Å². The van der Waals surface area contributed by atoms with E-state index in [-0.39, 0.29) is 12.3 Å². The van der Waals surface area contributed by atoms with Gasteiger partial charge in [-0.25, -0.2) is 9.48 Å². The highest BCUT2D eigenvalue weighted by Crippen LogP contribution is 2.26. The number of hydrogen-bond donors (Lipinski definition) is 1. The topological polar surface area (TPSA) is 86.5 Å². The average Bonchev–Trinajstić information content (AvgIpc) is 2.89. The van der Waals surface area contributed by atoms with Crippen molar-refractivity contribution < 1.29 is 19.4 Å². The van der Waals surface area contributed by atoms with Gasteiger partial charge in [-0.15, -0.1) is 5.10 Å². The Hall–Kier alpha value is -2.57. The van der Waals surface area contributed by atoms with Crippen molar-refractivity contribution in [2.75, 3.05) is 7.11 Å². The van der Waals surface area contributed by atoms with E-state index in [1.807, 2.05) is 19.1 Å². The molecule has 0 saturated carbocycles. The molecular formula is C14H17N3O4. The van der Waals surface area contributed by atoms with E-state index in [2.05, 4.69) is 10.3 Å². The van der Waals surface area contributed by atoms with Crippen LogP contribution in [0.15, 0.2) is 24.3 Å². The number of aromatic carboxylic acids is 1. The standard InChI is InChI=1S/C14H17N3O4/c1-3-8-17-10(13(14(18)19)15-16-17)9-21-12-7-5-4-6-11(12)20-2/h4-7H,3,8-9H2,1-2H3,(H,18,19). The third-order valence-electron chi connectivity index (χ3n) is 2.91. The molecule has 0 fully saturated rings. The summed E-state index contributed by atoms with van der Waals surface area (Å²) >= 11 is 0. The molecule has 0 aliphatic heterocycles. The summed E-state index contributed by atoms with van der Waals surface area (Å²) in [6.07, 6.45) is 0.823. The molecule has 0 bridgehead atoms. The Labute approximate surface area is 122 Å². The van der Waals surface area contributed by atoms with Crippen LogP contribution in [0.2, 0.25) is 0 Å². The fraction of sp³-hybridized carbons (Fsp3) is 0.357. The van der Waals surface area contributed by atoms with Crippen molar-refractivity contribution in [3.63, 3.8) is 0 Å². The molecule has 0 aliphatic carbocycles.